The molecule has 1 aliphatic rings. The van der Waals surface area contributed by atoms with Gasteiger partial charge in [0, 0.05) is 12.5 Å². The lowest BCUT2D eigenvalue weighted by Gasteiger charge is -2.30. The third-order valence-corrected chi connectivity index (χ3v) is 4.87. The second-order valence-corrected chi connectivity index (χ2v) is 6.80. The lowest BCUT2D eigenvalue weighted by Crippen LogP contribution is -2.37. The maximum absolute atomic E-state index is 11.9. The summed E-state index contributed by atoms with van der Waals surface area (Å²) in [4.78, 5) is 11.9. The van der Waals surface area contributed by atoms with Gasteiger partial charge in [-0.25, -0.2) is 0 Å². The van der Waals surface area contributed by atoms with Gasteiger partial charge < -0.3 is 5.32 Å². The first-order valence-electron chi connectivity index (χ1n) is 8.47. The summed E-state index contributed by atoms with van der Waals surface area (Å²) in [6.45, 7) is 4.54. The number of nitrogens with one attached hydrogen (secondary N) is 1. The van der Waals surface area contributed by atoms with Crippen molar-refractivity contribution in [1.29, 1.82) is 0 Å². The second kappa shape index (κ2) is 7.63. The van der Waals surface area contributed by atoms with E-state index in [1.807, 2.05) is 6.07 Å². The van der Waals surface area contributed by atoms with Crippen molar-refractivity contribution in [1.82, 2.24) is 5.32 Å². The third kappa shape index (κ3) is 4.59. The van der Waals surface area contributed by atoms with Crippen molar-refractivity contribution >= 4 is 5.91 Å². The summed E-state index contributed by atoms with van der Waals surface area (Å²) >= 11 is 0. The van der Waals surface area contributed by atoms with E-state index in [-0.39, 0.29) is 11.3 Å². The Morgan fingerprint density at radius 1 is 1.14 bits per heavy atom. The van der Waals surface area contributed by atoms with Gasteiger partial charge in [-0.2, -0.15) is 0 Å². The van der Waals surface area contributed by atoms with Gasteiger partial charge >= 0.3 is 0 Å². The first kappa shape index (κ1) is 16.1. The van der Waals surface area contributed by atoms with Gasteiger partial charge in [0.15, 0.2) is 0 Å². The Morgan fingerprint density at radius 2 is 1.86 bits per heavy atom. The molecule has 0 spiro atoms. The van der Waals surface area contributed by atoms with E-state index in [0.717, 1.165) is 12.8 Å². The fourth-order valence-corrected chi connectivity index (χ4v) is 3.45. The fraction of sp³-hybridized carbons (Fsp3) is 0.632. The van der Waals surface area contributed by atoms with Crippen molar-refractivity contribution in [3.8, 4) is 0 Å². The molecule has 1 amide bonds. The zero-order chi connectivity index (χ0) is 15.1. The smallest absolute Gasteiger partial charge is 0.220 e. The van der Waals surface area contributed by atoms with Crippen LogP contribution in [-0.4, -0.2) is 11.9 Å². The minimum atomic E-state index is 0.124. The maximum atomic E-state index is 11.9. The summed E-state index contributed by atoms with van der Waals surface area (Å²) in [5, 5.41) is 3.21. The highest BCUT2D eigenvalue weighted by molar-refractivity contribution is 5.80. The van der Waals surface area contributed by atoms with Crippen LogP contribution in [0.4, 0.5) is 0 Å². The summed E-state index contributed by atoms with van der Waals surface area (Å²) in [6.07, 6.45) is 9.31. The van der Waals surface area contributed by atoms with Crippen molar-refractivity contribution in [2.75, 3.05) is 0 Å². The van der Waals surface area contributed by atoms with Crippen LogP contribution in [0.25, 0.3) is 0 Å². The van der Waals surface area contributed by atoms with Gasteiger partial charge in [0.25, 0.3) is 0 Å². The lowest BCUT2D eigenvalue weighted by molar-refractivity contribution is -0.119. The average Bonchev–Trinajstić information content (AvgIpc) is 2.74. The Balaban J connectivity index is 1.90. The summed E-state index contributed by atoms with van der Waals surface area (Å²) in [5.41, 5.74) is 1.45. The quantitative estimate of drug-likeness (QED) is 0.702. The van der Waals surface area contributed by atoms with Crippen molar-refractivity contribution < 1.29 is 4.79 Å². The first-order chi connectivity index (χ1) is 10.1. The van der Waals surface area contributed by atoms with Crippen molar-refractivity contribution in [3.05, 3.63) is 35.9 Å². The van der Waals surface area contributed by atoms with Crippen LogP contribution in [0, 0.1) is 5.41 Å². The number of carbonyl (C=O) groups excluding carboxylic acids is 1. The lowest BCUT2D eigenvalue weighted by atomic mass is 9.76. The molecule has 0 radical (unpaired) electrons. The predicted molar refractivity (Wildman–Crippen MR) is 88.2 cm³/mol. The summed E-state index contributed by atoms with van der Waals surface area (Å²) < 4.78 is 0. The van der Waals surface area contributed by atoms with Gasteiger partial charge in [-0.05, 0) is 23.8 Å². The molecule has 1 aromatic carbocycles. The van der Waals surface area contributed by atoms with E-state index >= 15 is 0 Å². The topological polar surface area (TPSA) is 29.1 Å². The molecule has 0 aromatic heterocycles. The molecule has 116 valence electrons. The molecule has 0 saturated carbocycles. The predicted octanol–water partition coefficient (Wildman–Crippen LogP) is 4.48. The largest absolute Gasteiger partial charge is 0.352 e. The molecule has 2 nitrogen and oxygen atoms in total. The van der Waals surface area contributed by atoms with Crippen LogP contribution in [0.5, 0.6) is 0 Å². The van der Waals surface area contributed by atoms with E-state index in [9.17, 15) is 4.79 Å². The van der Waals surface area contributed by atoms with E-state index in [2.05, 4.69) is 43.4 Å². The number of benzene rings is 1. The Bertz CT molecular complexity index is 442. The van der Waals surface area contributed by atoms with E-state index < -0.39 is 0 Å². The third-order valence-electron chi connectivity index (χ3n) is 4.87. The van der Waals surface area contributed by atoms with Crippen LogP contribution in [0.2, 0.25) is 0 Å². The molecule has 1 heterocycles. The molecular weight excluding hydrogens is 258 g/mol. The molecule has 2 heteroatoms. The SMILES string of the molecule is CCCCCCCC1(C)CC(=O)NC1Cc1ccccc1. The Labute approximate surface area is 129 Å². The van der Waals surface area contributed by atoms with Crippen LogP contribution in [0.3, 0.4) is 0 Å². The van der Waals surface area contributed by atoms with Crippen LogP contribution in [0.1, 0.15) is 64.4 Å². The Kier molecular flexibility index (Phi) is 5.84. The molecule has 0 bridgehead atoms. The standard InChI is InChI=1S/C19H29NO/c1-3-4-5-6-10-13-19(2)15-18(21)20-17(19)14-16-11-8-7-9-12-16/h7-9,11-12,17H,3-6,10,13-15H2,1-2H3,(H,20,21). The molecule has 21 heavy (non-hydrogen) atoms. The number of unbranched alkanes of at least 4 members (excludes halogenated alkanes) is 4. The zero-order valence-corrected chi connectivity index (χ0v) is 13.5. The zero-order valence-electron chi connectivity index (χ0n) is 13.5. The monoisotopic (exact) mass is 287 g/mol. The van der Waals surface area contributed by atoms with Gasteiger partial charge in [0.05, 0.1) is 0 Å². The van der Waals surface area contributed by atoms with Gasteiger partial charge in [-0.1, -0.05) is 76.3 Å². The minimum Gasteiger partial charge on any atom is -0.352 e. The Morgan fingerprint density at radius 3 is 2.57 bits per heavy atom. The average molecular weight is 287 g/mol. The number of rotatable bonds is 8. The normalized spacial score (nSPS) is 25.0. The highest BCUT2D eigenvalue weighted by Crippen LogP contribution is 2.38. The second-order valence-electron chi connectivity index (χ2n) is 6.80. The minimum absolute atomic E-state index is 0.124. The molecule has 2 rings (SSSR count). The summed E-state index contributed by atoms with van der Waals surface area (Å²) in [6, 6.07) is 10.8. The van der Waals surface area contributed by atoms with E-state index in [4.69, 9.17) is 0 Å². The first-order valence-corrected chi connectivity index (χ1v) is 8.47. The number of hydrogen-bond acceptors (Lipinski definition) is 1. The molecule has 2 unspecified atom stereocenters. The molecule has 2 atom stereocenters. The van der Waals surface area contributed by atoms with Crippen LogP contribution < -0.4 is 5.32 Å². The van der Waals surface area contributed by atoms with E-state index in [0.29, 0.717) is 12.5 Å². The van der Waals surface area contributed by atoms with Crippen LogP contribution in [0.15, 0.2) is 30.3 Å². The van der Waals surface area contributed by atoms with E-state index in [1.165, 1.54) is 37.7 Å². The van der Waals surface area contributed by atoms with Crippen molar-refractivity contribution in [2.45, 2.75) is 71.3 Å². The summed E-state index contributed by atoms with van der Waals surface area (Å²) in [5.74, 6) is 0.229. The Hall–Kier alpha value is -1.31. The molecule has 1 saturated heterocycles. The molecule has 1 aromatic rings. The number of hydrogen-bond donors (Lipinski definition) is 1. The van der Waals surface area contributed by atoms with Crippen LogP contribution in [-0.2, 0) is 11.2 Å². The van der Waals surface area contributed by atoms with Crippen molar-refractivity contribution in [2.24, 2.45) is 5.41 Å². The summed E-state index contributed by atoms with van der Waals surface area (Å²) in [7, 11) is 0. The molecular formula is C19H29NO. The fourth-order valence-electron chi connectivity index (χ4n) is 3.45. The van der Waals surface area contributed by atoms with Gasteiger partial charge in [0.2, 0.25) is 5.91 Å². The number of amides is 1. The van der Waals surface area contributed by atoms with Crippen molar-refractivity contribution in [3.63, 3.8) is 0 Å². The van der Waals surface area contributed by atoms with Gasteiger partial charge in [-0.3, -0.25) is 4.79 Å². The molecule has 0 aliphatic carbocycles. The molecule has 1 N–H and O–H groups in total. The van der Waals surface area contributed by atoms with Gasteiger partial charge in [-0.15, -0.1) is 0 Å². The highest BCUT2D eigenvalue weighted by atomic mass is 16.2. The highest BCUT2D eigenvalue weighted by Gasteiger charge is 2.42. The number of carbonyl (C=O) groups is 1. The molecule has 1 fully saturated rings. The van der Waals surface area contributed by atoms with Gasteiger partial charge in [0.1, 0.15) is 0 Å². The van der Waals surface area contributed by atoms with Crippen LogP contribution >= 0.6 is 0 Å². The molecule has 1 aliphatic heterocycles. The maximum Gasteiger partial charge on any atom is 0.220 e. The van der Waals surface area contributed by atoms with E-state index in [1.54, 1.807) is 0 Å².